The van der Waals surface area contributed by atoms with Gasteiger partial charge < -0.3 is 14.6 Å². The van der Waals surface area contributed by atoms with Crippen LogP contribution in [-0.2, 0) is 20.7 Å². The standard InChI is InChI=1S/C16H19N3O6S/c1-10-8-12(20)19(10)13(15(22)23)16(2,26(24)25)9-17-18-14(21)11-6-4-3-5-7-11/h3-7,9-10,13H,8H2,1-2H3,(H,18,21)(H,22,23)(H,24,25)/b17-9+/t10-,13+,16+/m1/s1. The zero-order valence-corrected chi connectivity index (χ0v) is 15.0. The maximum absolute atomic E-state index is 12.0. The van der Waals surface area contributed by atoms with Gasteiger partial charge in [-0.25, -0.2) is 14.4 Å². The minimum atomic E-state index is -2.67. The van der Waals surface area contributed by atoms with Crippen molar-refractivity contribution in [2.75, 3.05) is 0 Å². The van der Waals surface area contributed by atoms with Gasteiger partial charge in [-0.15, -0.1) is 0 Å². The van der Waals surface area contributed by atoms with Crippen molar-refractivity contribution in [2.24, 2.45) is 5.10 Å². The Morgan fingerprint density at radius 1 is 1.42 bits per heavy atom. The highest BCUT2D eigenvalue weighted by atomic mass is 32.2. The molecule has 2 amide bonds. The van der Waals surface area contributed by atoms with Crippen molar-refractivity contribution in [3.63, 3.8) is 0 Å². The molecule has 26 heavy (non-hydrogen) atoms. The highest BCUT2D eigenvalue weighted by Crippen LogP contribution is 2.30. The molecule has 4 atom stereocenters. The predicted octanol–water partition coefficient (Wildman–Crippen LogP) is 0.457. The smallest absolute Gasteiger partial charge is 0.328 e. The van der Waals surface area contributed by atoms with Gasteiger partial charge >= 0.3 is 5.97 Å². The third-order valence-corrected chi connectivity index (χ3v) is 5.27. The summed E-state index contributed by atoms with van der Waals surface area (Å²) in [5, 5.41) is 13.2. The first-order valence-electron chi connectivity index (χ1n) is 7.73. The third-order valence-electron chi connectivity index (χ3n) is 4.19. The lowest BCUT2D eigenvalue weighted by atomic mass is 9.92. The van der Waals surface area contributed by atoms with Gasteiger partial charge in [-0.3, -0.25) is 9.59 Å². The van der Waals surface area contributed by atoms with E-state index in [2.05, 4.69) is 10.5 Å². The van der Waals surface area contributed by atoms with E-state index in [1.807, 2.05) is 0 Å². The first kappa shape index (κ1) is 19.7. The van der Waals surface area contributed by atoms with Gasteiger partial charge in [-0.05, 0) is 26.0 Å². The van der Waals surface area contributed by atoms with Crippen LogP contribution in [0.3, 0.4) is 0 Å². The summed E-state index contributed by atoms with van der Waals surface area (Å²) < 4.78 is 19.6. The number of β-lactam (4-membered cyclic amide) rings is 1. The molecule has 10 heteroatoms. The number of carboxylic acids is 1. The molecule has 1 heterocycles. The van der Waals surface area contributed by atoms with E-state index in [0.717, 1.165) is 11.1 Å². The minimum Gasteiger partial charge on any atom is -0.480 e. The molecule has 9 nitrogen and oxygen atoms in total. The first-order chi connectivity index (χ1) is 12.2. The second kappa shape index (κ2) is 7.75. The zero-order chi connectivity index (χ0) is 19.5. The van der Waals surface area contributed by atoms with Crippen LogP contribution in [0.15, 0.2) is 35.4 Å². The summed E-state index contributed by atoms with van der Waals surface area (Å²) in [6.45, 7) is 2.84. The van der Waals surface area contributed by atoms with Crippen LogP contribution in [0.4, 0.5) is 0 Å². The van der Waals surface area contributed by atoms with E-state index in [0.29, 0.717) is 5.56 Å². The van der Waals surface area contributed by atoms with Crippen LogP contribution in [0.5, 0.6) is 0 Å². The molecule has 1 aliphatic heterocycles. The van der Waals surface area contributed by atoms with Crippen molar-refractivity contribution < 1.29 is 28.3 Å². The number of hydrogen-bond donors (Lipinski definition) is 3. The molecule has 0 spiro atoms. The maximum atomic E-state index is 12.0. The second-order valence-corrected chi connectivity index (χ2v) is 7.47. The fourth-order valence-corrected chi connectivity index (χ4v) is 3.26. The van der Waals surface area contributed by atoms with Gasteiger partial charge in [0, 0.05) is 24.2 Å². The molecule has 140 valence electrons. The molecular formula is C16H19N3O6S. The quantitative estimate of drug-likeness (QED) is 0.272. The molecule has 2 rings (SSSR count). The van der Waals surface area contributed by atoms with Crippen LogP contribution >= 0.6 is 0 Å². The van der Waals surface area contributed by atoms with E-state index in [1.165, 1.54) is 6.92 Å². The molecule has 0 bridgehead atoms. The van der Waals surface area contributed by atoms with Crippen LogP contribution < -0.4 is 5.43 Å². The number of benzene rings is 1. The number of carbonyl (C=O) groups is 3. The Bertz CT molecular complexity index is 769. The topological polar surface area (TPSA) is 136 Å². The fourth-order valence-electron chi connectivity index (χ4n) is 2.71. The van der Waals surface area contributed by atoms with E-state index in [9.17, 15) is 28.3 Å². The Morgan fingerprint density at radius 3 is 2.50 bits per heavy atom. The first-order valence-corrected chi connectivity index (χ1v) is 8.83. The van der Waals surface area contributed by atoms with Crippen LogP contribution in [0.2, 0.25) is 0 Å². The van der Waals surface area contributed by atoms with Crippen molar-refractivity contribution in [3.05, 3.63) is 35.9 Å². The van der Waals surface area contributed by atoms with Gasteiger partial charge in [0.05, 0.1) is 0 Å². The van der Waals surface area contributed by atoms with Crippen LogP contribution in [0.25, 0.3) is 0 Å². The molecule has 0 aliphatic carbocycles. The highest BCUT2D eigenvalue weighted by molar-refractivity contribution is 7.81. The Morgan fingerprint density at radius 2 is 2.04 bits per heavy atom. The number of aliphatic carboxylic acids is 1. The number of amides is 2. The van der Waals surface area contributed by atoms with Crippen molar-refractivity contribution in [2.45, 2.75) is 37.1 Å². The van der Waals surface area contributed by atoms with Gasteiger partial charge in [0.25, 0.3) is 5.91 Å². The number of hydrogen-bond acceptors (Lipinski definition) is 5. The minimum absolute atomic E-state index is 0.166. The van der Waals surface area contributed by atoms with Crippen molar-refractivity contribution >= 4 is 35.1 Å². The number of rotatable bonds is 7. The summed E-state index contributed by atoms with van der Waals surface area (Å²) in [5.74, 6) is -2.42. The molecule has 0 saturated carbocycles. The molecule has 1 saturated heterocycles. The van der Waals surface area contributed by atoms with Gasteiger partial charge in [-0.2, -0.15) is 5.10 Å². The van der Waals surface area contributed by atoms with Gasteiger partial charge in [-0.1, -0.05) is 18.2 Å². The molecule has 1 fully saturated rings. The number of nitrogens with one attached hydrogen (secondary N) is 1. The lowest BCUT2D eigenvalue weighted by Gasteiger charge is -2.46. The monoisotopic (exact) mass is 381 g/mol. The number of likely N-dealkylation sites (tertiary alicyclic amines) is 1. The Labute approximate surface area is 152 Å². The highest BCUT2D eigenvalue weighted by Gasteiger charge is 2.53. The molecule has 3 N–H and O–H groups in total. The Balaban J connectivity index is 2.24. The summed E-state index contributed by atoms with van der Waals surface area (Å²) in [4.78, 5) is 36.5. The lowest BCUT2D eigenvalue weighted by molar-refractivity contribution is -0.161. The predicted molar refractivity (Wildman–Crippen MR) is 93.9 cm³/mol. The number of carbonyl (C=O) groups excluding carboxylic acids is 2. The van der Waals surface area contributed by atoms with E-state index in [1.54, 1.807) is 37.3 Å². The molecule has 1 aromatic rings. The van der Waals surface area contributed by atoms with Crippen LogP contribution in [0, 0.1) is 0 Å². The van der Waals surface area contributed by atoms with Gasteiger partial charge in [0.1, 0.15) is 4.75 Å². The third kappa shape index (κ3) is 3.81. The molecule has 1 aliphatic rings. The molecule has 0 radical (unpaired) electrons. The van der Waals surface area contributed by atoms with Gasteiger partial charge in [0.2, 0.25) is 5.91 Å². The van der Waals surface area contributed by atoms with E-state index in [4.69, 9.17) is 0 Å². The SMILES string of the molecule is C[C@@H]1CC(=O)N1[C@@H](C(=O)O)[C@](C)(/C=N/NC(=O)c1ccccc1)S(=O)O. The second-order valence-electron chi connectivity index (χ2n) is 6.09. The van der Waals surface area contributed by atoms with Crippen LogP contribution in [-0.4, -0.2) is 59.6 Å². The summed E-state index contributed by atoms with van der Waals surface area (Å²) in [5.41, 5.74) is 2.51. The van der Waals surface area contributed by atoms with Crippen molar-refractivity contribution in [3.8, 4) is 0 Å². The van der Waals surface area contributed by atoms with Crippen molar-refractivity contribution in [1.29, 1.82) is 0 Å². The summed E-state index contributed by atoms with van der Waals surface area (Å²) >= 11 is -2.67. The summed E-state index contributed by atoms with van der Waals surface area (Å²) in [7, 11) is 0. The average Bonchev–Trinajstić information content (AvgIpc) is 2.59. The van der Waals surface area contributed by atoms with Crippen molar-refractivity contribution in [1.82, 2.24) is 10.3 Å². The lowest BCUT2D eigenvalue weighted by Crippen LogP contribution is -2.67. The molecule has 1 unspecified atom stereocenters. The normalized spacial score (nSPS) is 21.6. The Hall–Kier alpha value is -2.59. The largest absolute Gasteiger partial charge is 0.480 e. The van der Waals surface area contributed by atoms with Crippen LogP contribution in [0.1, 0.15) is 30.6 Å². The fraction of sp³-hybridized carbons (Fsp3) is 0.375. The molecule has 1 aromatic carbocycles. The number of nitrogens with zero attached hydrogens (tertiary/aromatic N) is 2. The van der Waals surface area contributed by atoms with E-state index < -0.39 is 39.7 Å². The molecular weight excluding hydrogens is 362 g/mol. The van der Waals surface area contributed by atoms with E-state index >= 15 is 0 Å². The Kier molecular flexibility index (Phi) is 5.88. The maximum Gasteiger partial charge on any atom is 0.328 e. The number of hydrazone groups is 1. The average molecular weight is 381 g/mol. The summed E-state index contributed by atoms with van der Waals surface area (Å²) in [6, 6.07) is 6.17. The zero-order valence-electron chi connectivity index (χ0n) is 14.2. The van der Waals surface area contributed by atoms with Gasteiger partial charge in [0.15, 0.2) is 17.1 Å². The van der Waals surface area contributed by atoms with E-state index in [-0.39, 0.29) is 12.5 Å². The molecule has 0 aromatic heterocycles. The summed E-state index contributed by atoms with van der Waals surface area (Å²) in [6.07, 6.45) is 1.06. The number of carboxylic acid groups (broad SMARTS) is 1.